The molecule has 0 radical (unpaired) electrons. The predicted molar refractivity (Wildman–Crippen MR) is 60.3 cm³/mol. The molecule has 0 heterocycles. The van der Waals surface area contributed by atoms with Gasteiger partial charge in [0.2, 0.25) is 0 Å². The van der Waals surface area contributed by atoms with Crippen molar-refractivity contribution in [3.63, 3.8) is 0 Å². The van der Waals surface area contributed by atoms with E-state index in [1.165, 1.54) is 25.7 Å². The van der Waals surface area contributed by atoms with Crippen molar-refractivity contribution in [1.29, 1.82) is 0 Å². The lowest BCUT2D eigenvalue weighted by Crippen LogP contribution is -2.19. The van der Waals surface area contributed by atoms with Gasteiger partial charge < -0.3 is 10.5 Å². The Balaban J connectivity index is 1.75. The highest BCUT2D eigenvalue weighted by Gasteiger charge is 2.16. The van der Waals surface area contributed by atoms with Gasteiger partial charge in [0, 0.05) is 19.3 Å². The molecule has 0 aromatic rings. The summed E-state index contributed by atoms with van der Waals surface area (Å²) >= 11 is 0. The van der Waals surface area contributed by atoms with Gasteiger partial charge in [-0.25, -0.2) is 0 Å². The van der Waals surface area contributed by atoms with E-state index in [-0.39, 0.29) is 0 Å². The predicted octanol–water partition coefficient (Wildman–Crippen LogP) is 2.71. The number of nitrogens with two attached hydrogens (primary N) is 1. The van der Waals surface area contributed by atoms with E-state index in [2.05, 4.69) is 6.92 Å². The summed E-state index contributed by atoms with van der Waals surface area (Å²) in [5.74, 6) is 0.980. The molecule has 14 heavy (non-hydrogen) atoms. The molecule has 2 heteroatoms. The van der Waals surface area contributed by atoms with Gasteiger partial charge >= 0.3 is 0 Å². The molecule has 1 saturated carbocycles. The summed E-state index contributed by atoms with van der Waals surface area (Å²) in [6.07, 6.45) is 8.91. The molecule has 1 fully saturated rings. The smallest absolute Gasteiger partial charge is 0.0468 e. The fourth-order valence-corrected chi connectivity index (χ4v) is 1.79. The van der Waals surface area contributed by atoms with Crippen LogP contribution in [0.1, 0.15) is 51.9 Å². The third kappa shape index (κ3) is 4.97. The van der Waals surface area contributed by atoms with Gasteiger partial charge in [-0.05, 0) is 31.6 Å². The van der Waals surface area contributed by atoms with Crippen molar-refractivity contribution < 1.29 is 4.74 Å². The van der Waals surface area contributed by atoms with Crippen molar-refractivity contribution in [2.75, 3.05) is 13.2 Å². The molecule has 1 aliphatic rings. The molecule has 0 aromatic heterocycles. The first-order valence-electron chi connectivity index (χ1n) is 6.16. The molecular weight excluding hydrogens is 174 g/mol. The van der Waals surface area contributed by atoms with Crippen LogP contribution in [0.25, 0.3) is 0 Å². The SMILES string of the molecule is CCC(N)CCCOCCC1CCC1. The van der Waals surface area contributed by atoms with Crippen LogP contribution in [0.2, 0.25) is 0 Å². The molecule has 2 N–H and O–H groups in total. The highest BCUT2D eigenvalue weighted by Crippen LogP contribution is 2.29. The minimum absolute atomic E-state index is 0.380. The van der Waals surface area contributed by atoms with Gasteiger partial charge in [-0.2, -0.15) is 0 Å². The minimum Gasteiger partial charge on any atom is -0.381 e. The summed E-state index contributed by atoms with van der Waals surface area (Å²) in [5.41, 5.74) is 5.81. The van der Waals surface area contributed by atoms with E-state index in [0.29, 0.717) is 6.04 Å². The van der Waals surface area contributed by atoms with Crippen LogP contribution < -0.4 is 5.73 Å². The number of hydrogen-bond donors (Lipinski definition) is 1. The Morgan fingerprint density at radius 1 is 1.36 bits per heavy atom. The van der Waals surface area contributed by atoms with Crippen molar-refractivity contribution in [1.82, 2.24) is 0 Å². The fourth-order valence-electron chi connectivity index (χ4n) is 1.79. The number of hydrogen-bond acceptors (Lipinski definition) is 2. The average molecular weight is 199 g/mol. The topological polar surface area (TPSA) is 35.2 Å². The van der Waals surface area contributed by atoms with Gasteiger partial charge in [-0.3, -0.25) is 0 Å². The molecule has 0 saturated heterocycles. The lowest BCUT2D eigenvalue weighted by molar-refractivity contribution is 0.103. The molecule has 1 rings (SSSR count). The molecule has 1 atom stereocenters. The lowest BCUT2D eigenvalue weighted by atomic mass is 9.83. The largest absolute Gasteiger partial charge is 0.381 e. The van der Waals surface area contributed by atoms with Crippen molar-refractivity contribution in [2.45, 2.75) is 57.9 Å². The van der Waals surface area contributed by atoms with Crippen LogP contribution in [0.4, 0.5) is 0 Å². The summed E-state index contributed by atoms with van der Waals surface area (Å²) < 4.78 is 5.58. The van der Waals surface area contributed by atoms with Gasteiger partial charge in [0.15, 0.2) is 0 Å². The Kier molecular flexibility index (Phi) is 6.20. The maximum Gasteiger partial charge on any atom is 0.0468 e. The van der Waals surface area contributed by atoms with Crippen molar-refractivity contribution in [3.05, 3.63) is 0 Å². The van der Waals surface area contributed by atoms with Crippen LogP contribution in [0, 0.1) is 5.92 Å². The van der Waals surface area contributed by atoms with Gasteiger partial charge in [0.05, 0.1) is 0 Å². The van der Waals surface area contributed by atoms with E-state index in [9.17, 15) is 0 Å². The number of ether oxygens (including phenoxy) is 1. The van der Waals surface area contributed by atoms with Gasteiger partial charge in [-0.15, -0.1) is 0 Å². The van der Waals surface area contributed by atoms with Crippen LogP contribution in [0.3, 0.4) is 0 Å². The standard InChI is InChI=1S/C12H25NO/c1-2-12(13)7-4-9-14-10-8-11-5-3-6-11/h11-12H,2-10,13H2,1H3. The Hall–Kier alpha value is -0.0800. The lowest BCUT2D eigenvalue weighted by Gasteiger charge is -2.24. The minimum atomic E-state index is 0.380. The summed E-state index contributed by atoms with van der Waals surface area (Å²) in [6, 6.07) is 0.380. The van der Waals surface area contributed by atoms with E-state index < -0.39 is 0 Å². The molecule has 1 unspecified atom stereocenters. The van der Waals surface area contributed by atoms with E-state index >= 15 is 0 Å². The summed E-state index contributed by atoms with van der Waals surface area (Å²) in [7, 11) is 0. The van der Waals surface area contributed by atoms with Crippen LogP contribution in [-0.2, 0) is 4.74 Å². The molecule has 0 aliphatic heterocycles. The normalized spacial score (nSPS) is 19.3. The van der Waals surface area contributed by atoms with Crippen molar-refractivity contribution >= 4 is 0 Å². The second-order valence-electron chi connectivity index (χ2n) is 4.51. The van der Waals surface area contributed by atoms with Crippen LogP contribution in [0.5, 0.6) is 0 Å². The molecule has 2 nitrogen and oxygen atoms in total. The van der Waals surface area contributed by atoms with E-state index in [1.807, 2.05) is 0 Å². The summed E-state index contributed by atoms with van der Waals surface area (Å²) in [5, 5.41) is 0. The first kappa shape index (κ1) is 12.0. The molecule has 0 amide bonds. The van der Waals surface area contributed by atoms with E-state index in [1.54, 1.807) is 0 Å². The van der Waals surface area contributed by atoms with Gasteiger partial charge in [0.25, 0.3) is 0 Å². The molecule has 0 aromatic carbocycles. The zero-order valence-corrected chi connectivity index (χ0v) is 9.50. The molecule has 84 valence electrons. The molecule has 0 spiro atoms. The Morgan fingerprint density at radius 2 is 2.14 bits per heavy atom. The fraction of sp³-hybridized carbons (Fsp3) is 1.00. The second kappa shape index (κ2) is 7.24. The Labute approximate surface area is 88.2 Å². The average Bonchev–Trinajstić information content (AvgIpc) is 2.13. The first-order valence-corrected chi connectivity index (χ1v) is 6.16. The maximum absolute atomic E-state index is 5.81. The van der Waals surface area contributed by atoms with Crippen molar-refractivity contribution in [2.24, 2.45) is 11.7 Å². The molecular formula is C12H25NO. The zero-order chi connectivity index (χ0) is 10.2. The monoisotopic (exact) mass is 199 g/mol. The third-order valence-corrected chi connectivity index (χ3v) is 3.28. The second-order valence-corrected chi connectivity index (χ2v) is 4.51. The zero-order valence-electron chi connectivity index (χ0n) is 9.50. The Morgan fingerprint density at radius 3 is 2.71 bits per heavy atom. The van der Waals surface area contributed by atoms with Crippen molar-refractivity contribution in [3.8, 4) is 0 Å². The summed E-state index contributed by atoms with van der Waals surface area (Å²) in [4.78, 5) is 0. The molecule has 1 aliphatic carbocycles. The van der Waals surface area contributed by atoms with E-state index in [4.69, 9.17) is 10.5 Å². The molecule has 0 bridgehead atoms. The van der Waals surface area contributed by atoms with Crippen LogP contribution in [0.15, 0.2) is 0 Å². The quantitative estimate of drug-likeness (QED) is 0.610. The maximum atomic E-state index is 5.81. The van der Waals surface area contributed by atoms with Gasteiger partial charge in [0.1, 0.15) is 0 Å². The van der Waals surface area contributed by atoms with E-state index in [0.717, 1.165) is 38.4 Å². The van der Waals surface area contributed by atoms with Crippen LogP contribution >= 0.6 is 0 Å². The van der Waals surface area contributed by atoms with Gasteiger partial charge in [-0.1, -0.05) is 26.2 Å². The summed E-state index contributed by atoms with van der Waals surface area (Å²) in [6.45, 7) is 4.01. The third-order valence-electron chi connectivity index (χ3n) is 3.28. The van der Waals surface area contributed by atoms with Crippen LogP contribution in [-0.4, -0.2) is 19.3 Å². The Bertz CT molecular complexity index is 126. The highest BCUT2D eigenvalue weighted by atomic mass is 16.5. The first-order chi connectivity index (χ1) is 6.83. The number of rotatable bonds is 8. The highest BCUT2D eigenvalue weighted by molar-refractivity contribution is 4.68.